The van der Waals surface area contributed by atoms with E-state index in [0.29, 0.717) is 25.4 Å². The number of aliphatic hydroxyl groups is 1. The van der Waals surface area contributed by atoms with E-state index in [-0.39, 0.29) is 42.3 Å². The molecule has 0 radical (unpaired) electrons. The van der Waals surface area contributed by atoms with Gasteiger partial charge < -0.3 is 40.6 Å². The van der Waals surface area contributed by atoms with Crippen LogP contribution in [-0.2, 0) is 28.7 Å². The van der Waals surface area contributed by atoms with Crippen LogP contribution >= 0.6 is 0 Å². The molecule has 3 unspecified atom stereocenters. The lowest BCUT2D eigenvalue weighted by Crippen LogP contribution is -2.51. The Morgan fingerprint density at radius 3 is 1.94 bits per heavy atom. The first-order valence-electron chi connectivity index (χ1n) is 19.4. The van der Waals surface area contributed by atoms with Crippen molar-refractivity contribution in [1.82, 2.24) is 25.8 Å². The molecule has 3 amide bonds. The molecule has 3 atom stereocenters. The standard InChI is InChI=1S/C15H27NO3.C12H25N3O2.C7H8.C3H7NO2.C3H8.CH4O/c1-3-4-5-6-9-15(18)16-11-7-8-13(16)14(19-2)10-12-17;1-8(2)11(12(17)13-5)14-10(16)7-15(6)9(3)4;1-7-5-3-2-4-6-7;1-4-2-3(5)6;1-3-2;1-2/h12-14H,3-11H2,1-2H3;8-9,11H,7H2,1-6H3,(H,13,17)(H,14,16);2-6H,1H3;4H,2H2,1H3,(H,5,6);3H2,1-2H3;2H,1H3. The molecular formula is C41H79N5O8. The van der Waals surface area contributed by atoms with Gasteiger partial charge in [0.25, 0.3) is 0 Å². The first-order chi connectivity index (χ1) is 25.6. The van der Waals surface area contributed by atoms with Gasteiger partial charge >= 0.3 is 5.97 Å². The Hall–Kier alpha value is -3.39. The van der Waals surface area contributed by atoms with E-state index in [1.54, 1.807) is 21.2 Å². The predicted molar refractivity (Wildman–Crippen MR) is 220 cm³/mol. The van der Waals surface area contributed by atoms with Crippen molar-refractivity contribution in [3.8, 4) is 0 Å². The highest BCUT2D eigenvalue weighted by molar-refractivity contribution is 5.88. The number of ether oxygens (including phenoxy) is 1. The monoisotopic (exact) mass is 770 g/mol. The van der Waals surface area contributed by atoms with Crippen molar-refractivity contribution < 1.29 is 38.9 Å². The maximum atomic E-state index is 12.2. The van der Waals surface area contributed by atoms with E-state index in [1.807, 2.05) is 62.7 Å². The molecular weight excluding hydrogens is 690 g/mol. The Bertz CT molecular complexity index is 1060. The van der Waals surface area contributed by atoms with E-state index in [0.717, 1.165) is 45.6 Å². The second-order valence-electron chi connectivity index (χ2n) is 13.5. The second kappa shape index (κ2) is 39.3. The molecule has 13 nitrogen and oxygen atoms in total. The van der Waals surface area contributed by atoms with E-state index in [4.69, 9.17) is 14.9 Å². The largest absolute Gasteiger partial charge is 0.480 e. The fraction of sp³-hybridized carbons (Fsp3) is 0.732. The van der Waals surface area contributed by atoms with Crippen LogP contribution < -0.4 is 16.0 Å². The SMILES string of the molecule is CCC.CCCCCCC(=O)N1CCCC1C(CC=O)OC.CNC(=O)C(NC(=O)CN(C)C(C)C)C(C)C.CNCC(=O)O.CO.Cc1ccccc1. The van der Waals surface area contributed by atoms with Crippen LogP contribution in [0.3, 0.4) is 0 Å². The number of aldehydes is 1. The molecule has 1 heterocycles. The number of nitrogens with one attached hydrogen (secondary N) is 3. The molecule has 1 saturated heterocycles. The van der Waals surface area contributed by atoms with E-state index in [1.165, 1.54) is 24.8 Å². The van der Waals surface area contributed by atoms with Crippen LogP contribution in [0.25, 0.3) is 0 Å². The lowest BCUT2D eigenvalue weighted by atomic mass is 10.0. The average molecular weight is 770 g/mol. The van der Waals surface area contributed by atoms with Crippen LogP contribution in [0.1, 0.15) is 112 Å². The average Bonchev–Trinajstić information content (AvgIpc) is 3.63. The maximum Gasteiger partial charge on any atom is 0.317 e. The zero-order valence-corrected chi connectivity index (χ0v) is 36.1. The topological polar surface area (TPSA) is 178 Å². The number of nitrogens with zero attached hydrogens (tertiary/aromatic N) is 2. The molecule has 0 saturated carbocycles. The molecule has 5 N–H and O–H groups in total. The van der Waals surface area contributed by atoms with Gasteiger partial charge in [0, 0.05) is 46.7 Å². The Morgan fingerprint density at radius 1 is 1.00 bits per heavy atom. The highest BCUT2D eigenvalue weighted by Gasteiger charge is 2.34. The zero-order valence-electron chi connectivity index (χ0n) is 36.1. The minimum atomic E-state index is -0.822. The molecule has 54 heavy (non-hydrogen) atoms. The summed E-state index contributed by atoms with van der Waals surface area (Å²) in [7, 11) is 7.67. The lowest BCUT2D eigenvalue weighted by molar-refractivity contribution is -0.136. The molecule has 1 fully saturated rings. The van der Waals surface area contributed by atoms with E-state index >= 15 is 0 Å². The van der Waals surface area contributed by atoms with Gasteiger partial charge in [0.05, 0.1) is 25.2 Å². The van der Waals surface area contributed by atoms with Gasteiger partial charge in [0.2, 0.25) is 17.7 Å². The van der Waals surface area contributed by atoms with Crippen molar-refractivity contribution in [2.75, 3.05) is 55.0 Å². The van der Waals surface area contributed by atoms with Gasteiger partial charge in [0.15, 0.2) is 0 Å². The number of carbonyl (C=O) groups excluding carboxylic acids is 4. The number of rotatable bonds is 17. The van der Waals surface area contributed by atoms with Crippen molar-refractivity contribution >= 4 is 30.0 Å². The second-order valence-corrected chi connectivity index (χ2v) is 13.5. The van der Waals surface area contributed by atoms with Crippen molar-refractivity contribution in [1.29, 1.82) is 0 Å². The van der Waals surface area contributed by atoms with Gasteiger partial charge in [-0.25, -0.2) is 0 Å². The smallest absolute Gasteiger partial charge is 0.317 e. The minimum absolute atomic E-state index is 0.0417. The molecule has 1 aromatic carbocycles. The minimum Gasteiger partial charge on any atom is -0.480 e. The van der Waals surface area contributed by atoms with E-state index in [9.17, 15) is 24.0 Å². The lowest BCUT2D eigenvalue weighted by Gasteiger charge is -2.30. The van der Waals surface area contributed by atoms with Crippen LogP contribution in [0.4, 0.5) is 0 Å². The molecule has 0 aromatic heterocycles. The number of unbranched alkanes of at least 4 members (excludes halogenated alkanes) is 3. The summed E-state index contributed by atoms with van der Waals surface area (Å²) < 4.78 is 5.37. The number of aryl methyl sites for hydroxylation is 1. The Balaban J connectivity index is -0.000000322. The van der Waals surface area contributed by atoms with Crippen LogP contribution in [0.5, 0.6) is 0 Å². The fourth-order valence-electron chi connectivity index (χ4n) is 4.84. The number of carboxylic acid groups (broad SMARTS) is 1. The van der Waals surface area contributed by atoms with Crippen molar-refractivity contribution in [2.24, 2.45) is 5.92 Å². The van der Waals surface area contributed by atoms with Crippen molar-refractivity contribution in [3.05, 3.63) is 35.9 Å². The number of aliphatic carboxylic acids is 1. The number of aliphatic hydroxyl groups excluding tert-OH is 1. The third-order valence-electron chi connectivity index (χ3n) is 7.98. The fourth-order valence-corrected chi connectivity index (χ4v) is 4.84. The number of hydrogen-bond donors (Lipinski definition) is 5. The molecule has 13 heteroatoms. The van der Waals surface area contributed by atoms with Crippen LogP contribution in [0.2, 0.25) is 0 Å². The first kappa shape index (κ1) is 57.3. The third kappa shape index (κ3) is 32.1. The maximum absolute atomic E-state index is 12.2. The summed E-state index contributed by atoms with van der Waals surface area (Å²) in [6.45, 7) is 17.5. The van der Waals surface area contributed by atoms with Gasteiger partial charge in [-0.1, -0.05) is 96.2 Å². The summed E-state index contributed by atoms with van der Waals surface area (Å²) in [5.41, 5.74) is 1.32. The van der Waals surface area contributed by atoms with Gasteiger partial charge in [0.1, 0.15) is 12.3 Å². The molecule has 1 aliphatic heterocycles. The van der Waals surface area contributed by atoms with Crippen molar-refractivity contribution in [3.63, 3.8) is 0 Å². The summed E-state index contributed by atoms with van der Waals surface area (Å²) in [5, 5.41) is 22.6. The zero-order chi connectivity index (χ0) is 42.5. The Kier molecular flexibility index (Phi) is 41.7. The third-order valence-corrected chi connectivity index (χ3v) is 7.98. The quantitative estimate of drug-likeness (QED) is 0.106. The summed E-state index contributed by atoms with van der Waals surface area (Å²) in [6, 6.07) is 10.2. The van der Waals surface area contributed by atoms with Gasteiger partial charge in [-0.3, -0.25) is 24.1 Å². The highest BCUT2D eigenvalue weighted by Crippen LogP contribution is 2.24. The van der Waals surface area contributed by atoms with E-state index < -0.39 is 12.0 Å². The summed E-state index contributed by atoms with van der Waals surface area (Å²) >= 11 is 0. The first-order valence-corrected chi connectivity index (χ1v) is 19.4. The number of methoxy groups -OCH3 is 1. The van der Waals surface area contributed by atoms with Crippen LogP contribution in [0, 0.1) is 12.8 Å². The number of likely N-dealkylation sites (tertiary alicyclic amines) is 1. The number of likely N-dealkylation sites (N-methyl/N-ethyl adjacent to an activating group) is 3. The molecule has 0 bridgehead atoms. The number of carbonyl (C=O) groups is 5. The Labute approximate surface area is 328 Å². The molecule has 316 valence electrons. The molecule has 1 aromatic rings. The molecule has 0 aliphatic carbocycles. The van der Waals surface area contributed by atoms with Gasteiger partial charge in [-0.15, -0.1) is 0 Å². The number of carboxylic acids is 1. The summed E-state index contributed by atoms with van der Waals surface area (Å²) in [5.74, 6) is -0.795. The summed E-state index contributed by atoms with van der Waals surface area (Å²) in [4.78, 5) is 59.6. The molecule has 0 spiro atoms. The van der Waals surface area contributed by atoms with Gasteiger partial charge in [-0.2, -0.15) is 0 Å². The molecule has 1 aliphatic rings. The summed E-state index contributed by atoms with van der Waals surface area (Å²) in [6.07, 6.45) is 9.46. The van der Waals surface area contributed by atoms with Crippen LogP contribution in [-0.4, -0.2) is 129 Å². The van der Waals surface area contributed by atoms with Gasteiger partial charge in [-0.05, 0) is 60.0 Å². The molecule has 2 rings (SSSR count). The Morgan fingerprint density at radius 2 is 1.57 bits per heavy atom. The number of hydrogen-bond acceptors (Lipinski definition) is 9. The van der Waals surface area contributed by atoms with Crippen LogP contribution in [0.15, 0.2) is 30.3 Å². The highest BCUT2D eigenvalue weighted by atomic mass is 16.5. The van der Waals surface area contributed by atoms with E-state index in [2.05, 4.69) is 55.8 Å². The number of amides is 3. The number of benzene rings is 1. The van der Waals surface area contributed by atoms with Crippen molar-refractivity contribution in [2.45, 2.75) is 137 Å². The predicted octanol–water partition coefficient (Wildman–Crippen LogP) is 5.08. The normalized spacial score (nSPS) is 13.8.